The molecule has 2 aliphatic carbocycles. The number of sulfone groups is 1. The van der Waals surface area contributed by atoms with E-state index in [0.717, 1.165) is 6.42 Å². The topological polar surface area (TPSA) is 51.2 Å². The second kappa shape index (κ2) is 4.80. The van der Waals surface area contributed by atoms with Crippen molar-refractivity contribution in [2.24, 2.45) is 17.8 Å². The first-order valence-corrected chi connectivity index (χ1v) is 8.90. The van der Waals surface area contributed by atoms with E-state index in [1.807, 2.05) is 6.92 Å². The Morgan fingerprint density at radius 1 is 1.29 bits per heavy atom. The molecule has 1 aromatic carbocycles. The van der Waals surface area contributed by atoms with Gasteiger partial charge in [-0.3, -0.25) is 4.79 Å². The lowest BCUT2D eigenvalue weighted by atomic mass is 9.79. The van der Waals surface area contributed by atoms with Crippen LogP contribution in [-0.2, 0) is 14.6 Å². The van der Waals surface area contributed by atoms with Crippen LogP contribution in [0.1, 0.15) is 26.2 Å². The van der Waals surface area contributed by atoms with E-state index in [9.17, 15) is 13.2 Å². The van der Waals surface area contributed by atoms with Crippen LogP contribution < -0.4 is 0 Å². The van der Waals surface area contributed by atoms with Gasteiger partial charge in [0.1, 0.15) is 4.75 Å². The molecule has 0 aromatic heterocycles. The molecule has 2 bridgehead atoms. The Morgan fingerprint density at radius 3 is 2.57 bits per heavy atom. The normalized spacial score (nSPS) is 35.7. The van der Waals surface area contributed by atoms with Crippen LogP contribution in [0.5, 0.6) is 0 Å². The number of ketones is 1. The van der Waals surface area contributed by atoms with Gasteiger partial charge >= 0.3 is 0 Å². The maximum absolute atomic E-state index is 13.2. The molecule has 3 rings (SSSR count). The van der Waals surface area contributed by atoms with E-state index < -0.39 is 14.6 Å². The van der Waals surface area contributed by atoms with Gasteiger partial charge in [-0.1, -0.05) is 31.2 Å². The number of carbonyl (C=O) groups is 1. The third-order valence-corrected chi connectivity index (χ3v) is 7.90. The Bertz CT molecular complexity index is 677. The predicted octanol–water partition coefficient (Wildman–Crippen LogP) is 3.02. The first-order valence-electron chi connectivity index (χ1n) is 7.41. The summed E-state index contributed by atoms with van der Waals surface area (Å²) in [4.78, 5) is 13.1. The number of fused-ring (bicyclic) bond motifs is 2. The molecule has 21 heavy (non-hydrogen) atoms. The minimum absolute atomic E-state index is 0.0880. The van der Waals surface area contributed by atoms with E-state index in [0.29, 0.717) is 12.8 Å². The molecule has 2 fully saturated rings. The van der Waals surface area contributed by atoms with Crippen molar-refractivity contribution in [1.29, 1.82) is 0 Å². The molecule has 3 nitrogen and oxygen atoms in total. The lowest BCUT2D eigenvalue weighted by Gasteiger charge is -2.36. The molecule has 0 heterocycles. The summed E-state index contributed by atoms with van der Waals surface area (Å²) in [6, 6.07) is 8.36. The molecule has 0 radical (unpaired) electrons. The molecule has 0 saturated heterocycles. The minimum Gasteiger partial charge on any atom is -0.298 e. The lowest BCUT2D eigenvalue weighted by Crippen LogP contribution is -2.51. The zero-order valence-electron chi connectivity index (χ0n) is 12.2. The second-order valence-electron chi connectivity index (χ2n) is 6.27. The van der Waals surface area contributed by atoms with Gasteiger partial charge in [-0.15, -0.1) is 6.58 Å². The van der Waals surface area contributed by atoms with Crippen LogP contribution >= 0.6 is 0 Å². The van der Waals surface area contributed by atoms with Crippen LogP contribution in [0.2, 0.25) is 0 Å². The number of rotatable bonds is 3. The molecule has 0 aliphatic heterocycles. The van der Waals surface area contributed by atoms with E-state index in [2.05, 4.69) is 6.58 Å². The number of hydrogen-bond donors (Lipinski definition) is 0. The van der Waals surface area contributed by atoms with Gasteiger partial charge in [0, 0.05) is 11.8 Å². The van der Waals surface area contributed by atoms with Crippen LogP contribution in [0.25, 0.3) is 0 Å². The van der Waals surface area contributed by atoms with Gasteiger partial charge in [-0.05, 0) is 37.3 Å². The van der Waals surface area contributed by atoms with E-state index in [1.165, 1.54) is 0 Å². The standard InChI is InChI=1S/C17H20O3S/c1-3-13-11-15-12(2)9-10-17(13,16(15)18)21(19,20)14-7-5-4-6-8-14/h3-8,12-13,15H,1,9-11H2,2H3/t12-,13+,15+,17-/m1/s1. The Kier molecular flexibility index (Phi) is 3.32. The molecule has 112 valence electrons. The van der Waals surface area contributed by atoms with Crippen molar-refractivity contribution in [3.8, 4) is 0 Å². The molecule has 2 aliphatic rings. The second-order valence-corrected chi connectivity index (χ2v) is 8.48. The average Bonchev–Trinajstić information content (AvgIpc) is 2.68. The van der Waals surface area contributed by atoms with E-state index in [4.69, 9.17) is 0 Å². The Hall–Kier alpha value is -1.42. The van der Waals surface area contributed by atoms with Crippen molar-refractivity contribution in [3.63, 3.8) is 0 Å². The Labute approximate surface area is 126 Å². The maximum atomic E-state index is 13.2. The molecule has 0 amide bonds. The fraction of sp³-hybridized carbons (Fsp3) is 0.471. The largest absolute Gasteiger partial charge is 0.298 e. The number of allylic oxidation sites excluding steroid dienone is 1. The molecule has 0 N–H and O–H groups in total. The fourth-order valence-corrected chi connectivity index (χ4v) is 6.40. The summed E-state index contributed by atoms with van der Waals surface area (Å²) < 4.78 is 25.1. The molecular formula is C17H20O3S. The molecule has 0 spiro atoms. The minimum atomic E-state index is -3.69. The number of carbonyl (C=O) groups excluding carboxylic acids is 1. The van der Waals surface area contributed by atoms with Crippen molar-refractivity contribution in [2.45, 2.75) is 35.8 Å². The fourth-order valence-electron chi connectivity index (χ4n) is 4.07. The highest BCUT2D eigenvalue weighted by molar-refractivity contribution is 7.93. The van der Waals surface area contributed by atoms with Crippen molar-refractivity contribution < 1.29 is 13.2 Å². The van der Waals surface area contributed by atoms with E-state index in [1.54, 1.807) is 36.4 Å². The van der Waals surface area contributed by atoms with Crippen LogP contribution in [0.4, 0.5) is 0 Å². The molecule has 1 aromatic rings. The Balaban J connectivity index is 2.19. The van der Waals surface area contributed by atoms with Crippen molar-refractivity contribution in [3.05, 3.63) is 43.0 Å². The maximum Gasteiger partial charge on any atom is 0.191 e. The van der Waals surface area contributed by atoms with Gasteiger partial charge < -0.3 is 0 Å². The van der Waals surface area contributed by atoms with Gasteiger partial charge in [-0.2, -0.15) is 0 Å². The van der Waals surface area contributed by atoms with Gasteiger partial charge in [0.25, 0.3) is 0 Å². The number of benzene rings is 1. The average molecular weight is 304 g/mol. The van der Waals surface area contributed by atoms with Crippen LogP contribution in [0, 0.1) is 17.8 Å². The zero-order valence-corrected chi connectivity index (χ0v) is 13.0. The molecule has 4 atom stereocenters. The van der Waals surface area contributed by atoms with Crippen LogP contribution in [0.3, 0.4) is 0 Å². The van der Waals surface area contributed by atoms with Gasteiger partial charge in [0.2, 0.25) is 0 Å². The van der Waals surface area contributed by atoms with Crippen molar-refractivity contribution in [2.75, 3.05) is 0 Å². The summed E-state index contributed by atoms with van der Waals surface area (Å²) in [6.07, 6.45) is 3.50. The van der Waals surface area contributed by atoms with Crippen LogP contribution in [0.15, 0.2) is 47.9 Å². The third kappa shape index (κ3) is 1.78. The summed E-state index contributed by atoms with van der Waals surface area (Å²) in [6.45, 7) is 5.85. The SMILES string of the molecule is C=C[C@H]1C[C@@H]2C(=O)[C@@]1(S(=O)(=O)c1ccccc1)CC[C@H]2C. The predicted molar refractivity (Wildman–Crippen MR) is 81.6 cm³/mol. The molecule has 0 unspecified atom stereocenters. The summed E-state index contributed by atoms with van der Waals surface area (Å²) in [7, 11) is -3.69. The first-order chi connectivity index (χ1) is 9.95. The lowest BCUT2D eigenvalue weighted by molar-refractivity contribution is -0.126. The Morgan fingerprint density at radius 2 is 1.95 bits per heavy atom. The van der Waals surface area contributed by atoms with Crippen LogP contribution in [-0.4, -0.2) is 18.9 Å². The summed E-state index contributed by atoms with van der Waals surface area (Å²) in [5.74, 6) is -0.234. The molecular weight excluding hydrogens is 284 g/mol. The quantitative estimate of drug-likeness (QED) is 0.807. The van der Waals surface area contributed by atoms with Gasteiger partial charge in [0.15, 0.2) is 15.6 Å². The summed E-state index contributed by atoms with van der Waals surface area (Å²) in [5.41, 5.74) is 0. The highest BCUT2D eigenvalue weighted by Gasteiger charge is 2.64. The van der Waals surface area contributed by atoms with Gasteiger partial charge in [0.05, 0.1) is 4.90 Å². The van der Waals surface area contributed by atoms with Crippen molar-refractivity contribution >= 4 is 15.6 Å². The zero-order chi connectivity index (χ0) is 15.3. The van der Waals surface area contributed by atoms with Gasteiger partial charge in [-0.25, -0.2) is 8.42 Å². The third-order valence-electron chi connectivity index (χ3n) is 5.34. The molecule has 2 saturated carbocycles. The van der Waals surface area contributed by atoms with Crippen molar-refractivity contribution in [1.82, 2.24) is 0 Å². The number of hydrogen-bond acceptors (Lipinski definition) is 3. The summed E-state index contributed by atoms with van der Waals surface area (Å²) >= 11 is 0. The van der Waals surface area contributed by atoms with E-state index in [-0.39, 0.29) is 28.4 Å². The molecule has 4 heteroatoms. The highest BCUT2D eigenvalue weighted by Crippen LogP contribution is 2.54. The number of Topliss-reactive ketones (excluding diaryl/α,β-unsaturated/α-hetero) is 1. The first kappa shape index (κ1) is 14.5. The van der Waals surface area contributed by atoms with E-state index >= 15 is 0 Å². The smallest absolute Gasteiger partial charge is 0.191 e. The summed E-state index contributed by atoms with van der Waals surface area (Å²) in [5, 5.41) is 0. The monoisotopic (exact) mass is 304 g/mol. The highest BCUT2D eigenvalue weighted by atomic mass is 32.2.